The standard InChI is InChI=1S/C38H52F2N8O5S/c1-25(2)48(26(3)4)37(50)32-16-29(40)6-7-33(32)53-34-18-41-24-42-35(34)44-22-38(23-44)10-14-43(15-11-38)19-28-8-12-45(13-9-28)54(51,52)47-21-30-17-31(47)20-46(30)36(49)27(5)39/h6-7,16,18,24-26,28,30-31H,5,8-15,17,19-23H2,1-4H3/t30-,31-/m1/s1. The Morgan fingerprint density at radius 2 is 1.70 bits per heavy atom. The topological polar surface area (TPSA) is 123 Å². The summed E-state index contributed by atoms with van der Waals surface area (Å²) in [6, 6.07) is 3.21. The van der Waals surface area contributed by atoms with E-state index in [1.54, 1.807) is 15.4 Å². The zero-order chi connectivity index (χ0) is 38.5. The van der Waals surface area contributed by atoms with Gasteiger partial charge in [0.25, 0.3) is 22.0 Å². The molecule has 5 saturated heterocycles. The van der Waals surface area contributed by atoms with Gasteiger partial charge in [-0.25, -0.2) is 18.7 Å². The molecule has 2 atom stereocenters. The summed E-state index contributed by atoms with van der Waals surface area (Å²) in [5.41, 5.74) is 0.313. The first kappa shape index (κ1) is 38.5. The van der Waals surface area contributed by atoms with E-state index < -0.39 is 27.8 Å². The predicted molar refractivity (Wildman–Crippen MR) is 199 cm³/mol. The molecule has 5 aliphatic heterocycles. The Kier molecular flexibility index (Phi) is 10.8. The molecule has 6 heterocycles. The molecule has 1 aromatic heterocycles. The zero-order valence-electron chi connectivity index (χ0n) is 31.7. The molecule has 16 heteroatoms. The highest BCUT2D eigenvalue weighted by Gasteiger charge is 2.52. The summed E-state index contributed by atoms with van der Waals surface area (Å²) in [6.07, 6.45) is 7.29. The van der Waals surface area contributed by atoms with E-state index in [2.05, 4.69) is 26.3 Å². The third kappa shape index (κ3) is 7.46. The van der Waals surface area contributed by atoms with E-state index in [1.807, 2.05) is 27.7 Å². The van der Waals surface area contributed by atoms with Gasteiger partial charge in [-0.1, -0.05) is 6.58 Å². The molecule has 7 rings (SSSR count). The van der Waals surface area contributed by atoms with Gasteiger partial charge in [-0.3, -0.25) is 9.59 Å². The summed E-state index contributed by atoms with van der Waals surface area (Å²) in [6.45, 7) is 16.7. The van der Waals surface area contributed by atoms with Crippen LogP contribution in [0.1, 0.15) is 70.2 Å². The van der Waals surface area contributed by atoms with Gasteiger partial charge in [0.1, 0.15) is 17.9 Å². The first-order chi connectivity index (χ1) is 25.7. The van der Waals surface area contributed by atoms with Gasteiger partial charge in [0.2, 0.25) is 0 Å². The van der Waals surface area contributed by atoms with Crippen molar-refractivity contribution < 1.29 is 31.5 Å². The van der Waals surface area contributed by atoms with E-state index >= 15 is 0 Å². The molecule has 2 aromatic rings. The molecular weight excluding hydrogens is 719 g/mol. The largest absolute Gasteiger partial charge is 0.451 e. The smallest absolute Gasteiger partial charge is 0.282 e. The molecule has 0 aliphatic carbocycles. The maximum Gasteiger partial charge on any atom is 0.282 e. The van der Waals surface area contributed by atoms with Crippen LogP contribution in [0.25, 0.3) is 0 Å². The molecule has 2 amide bonds. The van der Waals surface area contributed by atoms with Crippen molar-refractivity contribution in [3.8, 4) is 11.5 Å². The molecule has 0 saturated carbocycles. The minimum atomic E-state index is -3.65. The van der Waals surface area contributed by atoms with Crippen molar-refractivity contribution in [3.05, 3.63) is 54.5 Å². The van der Waals surface area contributed by atoms with Gasteiger partial charge in [-0.05, 0) is 97.0 Å². The molecule has 1 spiro atoms. The maximum atomic E-state index is 14.4. The lowest BCUT2D eigenvalue weighted by molar-refractivity contribution is -0.130. The number of nitrogens with zero attached hydrogens (tertiary/aromatic N) is 8. The van der Waals surface area contributed by atoms with Crippen molar-refractivity contribution in [1.29, 1.82) is 0 Å². The monoisotopic (exact) mass is 770 g/mol. The number of anilines is 1. The number of benzene rings is 1. The Labute approximate surface area is 317 Å². The second-order valence-electron chi connectivity index (χ2n) is 16.3. The van der Waals surface area contributed by atoms with Gasteiger partial charge in [0.15, 0.2) is 17.4 Å². The number of ether oxygens (including phenoxy) is 1. The highest BCUT2D eigenvalue weighted by atomic mass is 32.2. The molecule has 5 aliphatic rings. The first-order valence-electron chi connectivity index (χ1n) is 19.2. The van der Waals surface area contributed by atoms with E-state index in [9.17, 15) is 26.8 Å². The quantitative estimate of drug-likeness (QED) is 0.308. The summed E-state index contributed by atoms with van der Waals surface area (Å²) in [4.78, 5) is 42.3. The van der Waals surface area contributed by atoms with Gasteiger partial charge < -0.3 is 24.3 Å². The van der Waals surface area contributed by atoms with E-state index in [0.29, 0.717) is 37.0 Å². The van der Waals surface area contributed by atoms with Crippen molar-refractivity contribution in [2.45, 2.75) is 84.0 Å². The molecule has 13 nitrogen and oxygen atoms in total. The lowest BCUT2D eigenvalue weighted by Gasteiger charge is -2.54. The highest BCUT2D eigenvalue weighted by Crippen LogP contribution is 2.45. The SMILES string of the molecule is C=C(F)C(=O)N1C[C@H]2C[C@@H]1CN2S(=O)(=O)N1CCC(CN2CCC3(CC2)CN(c2ncncc2Oc2ccc(F)cc2C(=O)N(C(C)C)C(C)C)C3)CC1. The number of halogens is 2. The van der Waals surface area contributed by atoms with Crippen LogP contribution < -0.4 is 9.64 Å². The average molecular weight is 771 g/mol. The number of hydrogen-bond donors (Lipinski definition) is 0. The predicted octanol–water partition coefficient (Wildman–Crippen LogP) is 4.29. The van der Waals surface area contributed by atoms with Gasteiger partial charge in [0.05, 0.1) is 11.8 Å². The van der Waals surface area contributed by atoms with Crippen molar-refractivity contribution in [2.24, 2.45) is 11.3 Å². The van der Waals surface area contributed by atoms with Crippen LogP contribution in [0.15, 0.2) is 43.1 Å². The van der Waals surface area contributed by atoms with Crippen LogP contribution in [-0.2, 0) is 15.0 Å². The third-order valence-electron chi connectivity index (χ3n) is 12.1. The van der Waals surface area contributed by atoms with Gasteiger partial charge in [-0.15, -0.1) is 0 Å². The zero-order valence-corrected chi connectivity index (χ0v) is 32.5. The fourth-order valence-electron chi connectivity index (χ4n) is 9.29. The summed E-state index contributed by atoms with van der Waals surface area (Å²) in [7, 11) is -3.65. The number of piperidine rings is 2. The normalized spacial score (nSPS) is 23.7. The van der Waals surface area contributed by atoms with Gasteiger partial charge >= 0.3 is 0 Å². The van der Waals surface area contributed by atoms with Crippen LogP contribution in [0, 0.1) is 17.2 Å². The Morgan fingerprint density at radius 1 is 1.02 bits per heavy atom. The van der Waals surface area contributed by atoms with E-state index in [0.717, 1.165) is 58.4 Å². The van der Waals surface area contributed by atoms with Crippen LogP contribution in [0.5, 0.6) is 11.5 Å². The molecule has 1 aromatic carbocycles. The lowest BCUT2D eigenvalue weighted by Crippen LogP contribution is -2.61. The third-order valence-corrected chi connectivity index (χ3v) is 14.1. The van der Waals surface area contributed by atoms with E-state index in [4.69, 9.17) is 4.74 Å². The fourth-order valence-corrected chi connectivity index (χ4v) is 11.2. The molecule has 294 valence electrons. The first-order valence-corrected chi connectivity index (χ1v) is 20.5. The molecular formula is C38H52F2N8O5S. The summed E-state index contributed by atoms with van der Waals surface area (Å²) in [5, 5.41) is 0. The van der Waals surface area contributed by atoms with Crippen molar-refractivity contribution >= 4 is 27.8 Å². The second kappa shape index (κ2) is 15.1. The van der Waals surface area contributed by atoms with Gasteiger partial charge in [0, 0.05) is 75.4 Å². The average Bonchev–Trinajstić information content (AvgIpc) is 3.74. The second-order valence-corrected chi connectivity index (χ2v) is 18.2. The molecule has 5 fully saturated rings. The number of aromatic nitrogens is 2. The molecule has 2 bridgehead atoms. The number of fused-ring (bicyclic) bond motifs is 2. The van der Waals surface area contributed by atoms with Gasteiger partial charge in [-0.2, -0.15) is 17.0 Å². The van der Waals surface area contributed by atoms with Crippen LogP contribution in [0.3, 0.4) is 0 Å². The summed E-state index contributed by atoms with van der Waals surface area (Å²) in [5.74, 6) is -0.836. The minimum Gasteiger partial charge on any atom is -0.451 e. The Bertz CT molecular complexity index is 1850. The highest BCUT2D eigenvalue weighted by molar-refractivity contribution is 7.86. The molecule has 0 unspecified atom stereocenters. The van der Waals surface area contributed by atoms with Crippen molar-refractivity contribution in [2.75, 3.05) is 63.8 Å². The number of hydrogen-bond acceptors (Lipinski definition) is 9. The summed E-state index contributed by atoms with van der Waals surface area (Å²) >= 11 is 0. The van der Waals surface area contributed by atoms with Crippen LogP contribution in [0.4, 0.5) is 14.6 Å². The maximum absolute atomic E-state index is 14.4. The minimum absolute atomic E-state index is 0.0824. The Hall–Kier alpha value is -3.73. The number of carbonyl (C=O) groups is 2. The lowest BCUT2D eigenvalue weighted by atomic mass is 9.72. The number of rotatable bonds is 11. The van der Waals surface area contributed by atoms with E-state index in [-0.39, 0.29) is 59.9 Å². The van der Waals surface area contributed by atoms with Crippen molar-refractivity contribution in [1.82, 2.24) is 33.3 Å². The molecule has 0 N–H and O–H groups in total. The number of amides is 2. The van der Waals surface area contributed by atoms with Crippen LogP contribution >= 0.6 is 0 Å². The number of piperazine rings is 1. The molecule has 54 heavy (non-hydrogen) atoms. The molecule has 0 radical (unpaired) electrons. The van der Waals surface area contributed by atoms with Crippen LogP contribution in [0.2, 0.25) is 0 Å². The number of carbonyl (C=O) groups excluding carboxylic acids is 2. The number of likely N-dealkylation sites (tertiary alicyclic amines) is 2. The Morgan fingerprint density at radius 3 is 2.31 bits per heavy atom. The van der Waals surface area contributed by atoms with Crippen LogP contribution in [-0.4, -0.2) is 137 Å². The van der Waals surface area contributed by atoms with Crippen molar-refractivity contribution in [3.63, 3.8) is 0 Å². The summed E-state index contributed by atoms with van der Waals surface area (Å²) < 4.78 is 64.4. The van der Waals surface area contributed by atoms with E-state index in [1.165, 1.54) is 33.7 Å². The Balaban J connectivity index is 0.896. The fraction of sp³-hybridized carbons (Fsp3) is 0.632.